The molecule has 4 rings (SSSR count). The maximum Gasteiger partial charge on any atom is 0.264 e. The van der Waals surface area contributed by atoms with Crippen LogP contribution in [0, 0.1) is 27.7 Å². The van der Waals surface area contributed by atoms with Gasteiger partial charge in [0.1, 0.15) is 11.4 Å². The number of carbonyl (C=O) groups excluding carboxylic acids is 1. The third kappa shape index (κ3) is 4.20. The summed E-state index contributed by atoms with van der Waals surface area (Å²) in [6.45, 7) is 8.40. The van der Waals surface area contributed by atoms with Crippen molar-refractivity contribution in [3.05, 3.63) is 80.5 Å². The van der Waals surface area contributed by atoms with Crippen LogP contribution >= 0.6 is 23.4 Å². The van der Waals surface area contributed by atoms with E-state index in [1.165, 1.54) is 28.6 Å². The van der Waals surface area contributed by atoms with Crippen molar-refractivity contribution in [1.29, 1.82) is 0 Å². The van der Waals surface area contributed by atoms with Crippen LogP contribution in [0.3, 0.4) is 0 Å². The van der Waals surface area contributed by atoms with Gasteiger partial charge in [0, 0.05) is 16.4 Å². The summed E-state index contributed by atoms with van der Waals surface area (Å²) in [6, 6.07) is 13.6. The Morgan fingerprint density at radius 1 is 1.09 bits per heavy atom. The molecule has 0 saturated carbocycles. The van der Waals surface area contributed by atoms with Gasteiger partial charge in [0.2, 0.25) is 0 Å². The van der Waals surface area contributed by atoms with Crippen molar-refractivity contribution in [3.8, 4) is 11.4 Å². The number of amides is 1. The van der Waals surface area contributed by atoms with Gasteiger partial charge < -0.3 is 14.6 Å². The van der Waals surface area contributed by atoms with Crippen molar-refractivity contribution in [1.82, 2.24) is 9.88 Å². The third-order valence-corrected chi connectivity index (χ3v) is 6.58. The quantitative estimate of drug-likeness (QED) is 0.462. The number of para-hydroxylation sites is 1. The molecular weight excluding hydrogens is 442 g/mol. The second kappa shape index (κ2) is 8.88. The van der Waals surface area contributed by atoms with E-state index in [2.05, 4.69) is 66.8 Å². The average Bonchev–Trinajstić information content (AvgIpc) is 3.21. The molecule has 2 aromatic carbocycles. The van der Waals surface area contributed by atoms with E-state index in [-0.39, 0.29) is 5.91 Å². The fraction of sp³-hybridized carbons (Fsp3) is 0.200. The number of hydrogen-bond acceptors (Lipinski definition) is 4. The number of aliphatic imine (C=N–C) groups is 1. The topological polar surface area (TPSA) is 55.6 Å². The lowest BCUT2D eigenvalue weighted by Crippen LogP contribution is -2.19. The van der Waals surface area contributed by atoms with E-state index in [0.717, 1.165) is 17.0 Å². The Bertz CT molecular complexity index is 1270. The van der Waals surface area contributed by atoms with E-state index in [4.69, 9.17) is 16.3 Å². The van der Waals surface area contributed by atoms with Gasteiger partial charge in [0.15, 0.2) is 5.17 Å². The fourth-order valence-corrected chi connectivity index (χ4v) is 4.91. The number of thioether (sulfide) groups is 1. The first-order chi connectivity index (χ1) is 15.3. The predicted molar refractivity (Wildman–Crippen MR) is 134 cm³/mol. The number of aromatic nitrogens is 1. The number of aryl methyl sites for hydroxylation is 3. The molecule has 0 radical (unpaired) electrons. The first-order valence-electron chi connectivity index (χ1n) is 10.2. The standard InChI is InChI=1S/C25H24ClN3O2S/c1-14-7-6-8-15(2)23(14)29-16(3)11-18(17(29)4)12-22-24(30)28-25(32-22)27-20-13-19(26)9-10-21(20)31-5/h6-13H,1-5H3,(H,27,28,30)/b22-12-. The molecule has 1 aliphatic rings. The van der Waals surface area contributed by atoms with Crippen LogP contribution < -0.4 is 10.1 Å². The largest absolute Gasteiger partial charge is 0.494 e. The van der Waals surface area contributed by atoms with Gasteiger partial charge >= 0.3 is 0 Å². The molecule has 2 heterocycles. The lowest BCUT2D eigenvalue weighted by atomic mass is 10.1. The Balaban J connectivity index is 1.69. The number of benzene rings is 2. The van der Waals surface area contributed by atoms with Crippen LogP contribution in [0.1, 0.15) is 28.1 Å². The summed E-state index contributed by atoms with van der Waals surface area (Å²) in [7, 11) is 1.57. The van der Waals surface area contributed by atoms with Crippen LogP contribution in [0.2, 0.25) is 5.02 Å². The zero-order valence-corrected chi connectivity index (χ0v) is 20.2. The zero-order chi connectivity index (χ0) is 23.0. The lowest BCUT2D eigenvalue weighted by molar-refractivity contribution is -0.115. The van der Waals surface area contributed by atoms with Crippen LogP contribution in [0.25, 0.3) is 11.8 Å². The second-order valence-corrected chi connectivity index (χ2v) is 9.17. The van der Waals surface area contributed by atoms with E-state index < -0.39 is 0 Å². The number of nitrogens with zero attached hydrogens (tertiary/aromatic N) is 2. The van der Waals surface area contributed by atoms with E-state index in [0.29, 0.717) is 26.5 Å². The first kappa shape index (κ1) is 22.2. The Kier molecular flexibility index (Phi) is 6.17. The van der Waals surface area contributed by atoms with Gasteiger partial charge in [-0.15, -0.1) is 0 Å². The highest BCUT2D eigenvalue weighted by molar-refractivity contribution is 8.18. The van der Waals surface area contributed by atoms with Gasteiger partial charge in [-0.1, -0.05) is 29.8 Å². The Labute approximate surface area is 197 Å². The summed E-state index contributed by atoms with van der Waals surface area (Å²) < 4.78 is 7.60. The molecule has 32 heavy (non-hydrogen) atoms. The highest BCUT2D eigenvalue weighted by Crippen LogP contribution is 2.35. The molecule has 1 saturated heterocycles. The van der Waals surface area contributed by atoms with Gasteiger partial charge in [-0.3, -0.25) is 4.79 Å². The maximum absolute atomic E-state index is 12.6. The number of rotatable bonds is 4. The van der Waals surface area contributed by atoms with E-state index in [1.54, 1.807) is 25.3 Å². The molecule has 1 amide bonds. The molecule has 0 atom stereocenters. The summed E-state index contributed by atoms with van der Waals surface area (Å²) in [5.41, 5.74) is 7.38. The normalized spacial score (nSPS) is 16.1. The van der Waals surface area contributed by atoms with Gasteiger partial charge in [0.25, 0.3) is 5.91 Å². The molecule has 1 N–H and O–H groups in total. The number of halogens is 1. The van der Waals surface area contributed by atoms with Crippen molar-refractivity contribution >= 4 is 46.2 Å². The molecule has 164 valence electrons. The molecule has 1 aliphatic heterocycles. The number of carbonyl (C=O) groups is 1. The molecule has 0 unspecified atom stereocenters. The van der Waals surface area contributed by atoms with Crippen molar-refractivity contribution in [2.45, 2.75) is 27.7 Å². The van der Waals surface area contributed by atoms with Gasteiger partial charge in [-0.2, -0.15) is 0 Å². The minimum absolute atomic E-state index is 0.174. The minimum atomic E-state index is -0.174. The number of hydrogen-bond donors (Lipinski definition) is 1. The smallest absolute Gasteiger partial charge is 0.264 e. The van der Waals surface area contributed by atoms with E-state index in [9.17, 15) is 4.79 Å². The number of nitrogens with one attached hydrogen (secondary N) is 1. The van der Waals surface area contributed by atoms with Crippen LogP contribution in [-0.2, 0) is 4.79 Å². The molecule has 5 nitrogen and oxygen atoms in total. The summed E-state index contributed by atoms with van der Waals surface area (Å²) in [6.07, 6.45) is 1.92. The molecule has 3 aromatic rings. The minimum Gasteiger partial charge on any atom is -0.494 e. The number of methoxy groups -OCH3 is 1. The van der Waals surface area contributed by atoms with Gasteiger partial charge in [0.05, 0.1) is 17.7 Å². The first-order valence-corrected chi connectivity index (χ1v) is 11.4. The van der Waals surface area contributed by atoms with Crippen molar-refractivity contribution in [2.24, 2.45) is 4.99 Å². The summed E-state index contributed by atoms with van der Waals surface area (Å²) in [5, 5.41) is 3.88. The molecule has 0 aliphatic carbocycles. The molecule has 1 aromatic heterocycles. The van der Waals surface area contributed by atoms with E-state index in [1.807, 2.05) is 6.08 Å². The highest BCUT2D eigenvalue weighted by Gasteiger charge is 2.25. The Morgan fingerprint density at radius 3 is 2.50 bits per heavy atom. The molecule has 7 heteroatoms. The summed E-state index contributed by atoms with van der Waals surface area (Å²) >= 11 is 7.40. The van der Waals surface area contributed by atoms with Crippen LogP contribution in [0.5, 0.6) is 5.75 Å². The molecular formula is C25H24ClN3O2S. The van der Waals surface area contributed by atoms with Crippen LogP contribution in [-0.4, -0.2) is 22.8 Å². The second-order valence-electron chi connectivity index (χ2n) is 7.70. The van der Waals surface area contributed by atoms with Crippen LogP contribution in [0.15, 0.2) is 52.4 Å². The van der Waals surface area contributed by atoms with Gasteiger partial charge in [-0.25, -0.2) is 4.99 Å². The molecule has 0 spiro atoms. The fourth-order valence-electron chi connectivity index (χ4n) is 3.92. The third-order valence-electron chi connectivity index (χ3n) is 5.43. The average molecular weight is 466 g/mol. The van der Waals surface area contributed by atoms with E-state index >= 15 is 0 Å². The lowest BCUT2D eigenvalue weighted by Gasteiger charge is -2.15. The van der Waals surface area contributed by atoms with Gasteiger partial charge in [-0.05, 0) is 86.5 Å². The molecule has 0 bridgehead atoms. The Hall–Kier alpha value is -2.96. The maximum atomic E-state index is 12.6. The number of amidine groups is 1. The zero-order valence-electron chi connectivity index (χ0n) is 18.6. The molecule has 1 fully saturated rings. The highest BCUT2D eigenvalue weighted by atomic mass is 35.5. The monoisotopic (exact) mass is 465 g/mol. The van der Waals surface area contributed by atoms with Crippen LogP contribution in [0.4, 0.5) is 5.69 Å². The van der Waals surface area contributed by atoms with Crippen molar-refractivity contribution in [3.63, 3.8) is 0 Å². The summed E-state index contributed by atoms with van der Waals surface area (Å²) in [5.74, 6) is 0.415. The summed E-state index contributed by atoms with van der Waals surface area (Å²) in [4.78, 5) is 17.8. The Morgan fingerprint density at radius 2 is 1.81 bits per heavy atom. The SMILES string of the molecule is COc1ccc(Cl)cc1N=C1NC(=O)/C(=C/c2cc(C)n(-c3c(C)cccc3C)c2C)S1. The predicted octanol–water partition coefficient (Wildman–Crippen LogP) is 6.26. The van der Waals surface area contributed by atoms with Crippen molar-refractivity contribution in [2.75, 3.05) is 7.11 Å². The van der Waals surface area contributed by atoms with Crippen molar-refractivity contribution < 1.29 is 9.53 Å². The number of ether oxygens (including phenoxy) is 1.